The van der Waals surface area contributed by atoms with Gasteiger partial charge in [-0.3, -0.25) is 4.79 Å². The highest BCUT2D eigenvalue weighted by atomic mass is 16.4. The number of hydrogen-bond acceptors (Lipinski definition) is 2. The predicted molar refractivity (Wildman–Crippen MR) is 72.5 cm³/mol. The molecule has 2 atom stereocenters. The van der Waals surface area contributed by atoms with Crippen molar-refractivity contribution < 1.29 is 9.90 Å². The summed E-state index contributed by atoms with van der Waals surface area (Å²) in [4.78, 5) is 14.2. The average molecular weight is 253 g/mol. The van der Waals surface area contributed by atoms with Gasteiger partial charge in [-0.25, -0.2) is 0 Å². The van der Waals surface area contributed by atoms with Gasteiger partial charge in [0, 0.05) is 19.6 Å². The van der Waals surface area contributed by atoms with E-state index in [0.717, 1.165) is 45.3 Å². The van der Waals surface area contributed by atoms with Crippen LogP contribution in [-0.4, -0.2) is 35.6 Å². The van der Waals surface area contributed by atoms with E-state index in [1.54, 1.807) is 0 Å². The monoisotopic (exact) mass is 253 g/mol. The highest BCUT2D eigenvalue weighted by Gasteiger charge is 2.41. The Morgan fingerprint density at radius 1 is 1.11 bits per heavy atom. The minimum absolute atomic E-state index is 0.458. The van der Waals surface area contributed by atoms with Crippen LogP contribution >= 0.6 is 0 Å². The van der Waals surface area contributed by atoms with Gasteiger partial charge < -0.3 is 10.0 Å². The van der Waals surface area contributed by atoms with Crippen LogP contribution in [-0.2, 0) is 4.79 Å². The molecule has 0 spiro atoms. The van der Waals surface area contributed by atoms with E-state index in [9.17, 15) is 9.90 Å². The smallest absolute Gasteiger partial charge is 0.310 e. The summed E-state index contributed by atoms with van der Waals surface area (Å²) in [5, 5.41) is 9.68. The lowest BCUT2D eigenvalue weighted by Gasteiger charge is -2.32. The molecule has 1 heterocycles. The molecule has 0 amide bonds. The third-order valence-electron chi connectivity index (χ3n) is 5.10. The summed E-state index contributed by atoms with van der Waals surface area (Å²) in [6.45, 7) is 7.50. The summed E-state index contributed by atoms with van der Waals surface area (Å²) in [5.41, 5.74) is -0.458. The number of nitrogens with zero attached hydrogens (tertiary/aromatic N) is 1. The first-order valence-corrected chi connectivity index (χ1v) is 7.49. The van der Waals surface area contributed by atoms with Crippen LogP contribution in [0.3, 0.4) is 0 Å². The largest absolute Gasteiger partial charge is 0.481 e. The Balaban J connectivity index is 2.04. The molecule has 1 aliphatic heterocycles. The van der Waals surface area contributed by atoms with E-state index < -0.39 is 11.4 Å². The van der Waals surface area contributed by atoms with E-state index in [4.69, 9.17) is 0 Å². The van der Waals surface area contributed by atoms with Crippen molar-refractivity contribution in [2.24, 2.45) is 17.3 Å². The molecular weight excluding hydrogens is 226 g/mol. The Bertz CT molecular complexity index is 285. The van der Waals surface area contributed by atoms with Crippen molar-refractivity contribution in [3.05, 3.63) is 0 Å². The molecule has 0 aromatic rings. The lowest BCUT2D eigenvalue weighted by molar-refractivity contribution is -0.151. The number of hydrogen-bond donors (Lipinski definition) is 1. The zero-order valence-corrected chi connectivity index (χ0v) is 11.8. The van der Waals surface area contributed by atoms with E-state index >= 15 is 0 Å². The van der Waals surface area contributed by atoms with E-state index in [2.05, 4.69) is 18.7 Å². The molecule has 1 aliphatic carbocycles. The Kier molecular flexibility index (Phi) is 4.31. The topological polar surface area (TPSA) is 40.5 Å². The van der Waals surface area contributed by atoms with Crippen molar-refractivity contribution in [3.8, 4) is 0 Å². The van der Waals surface area contributed by atoms with Gasteiger partial charge in [0.05, 0.1) is 5.41 Å². The van der Waals surface area contributed by atoms with Crippen molar-refractivity contribution in [1.29, 1.82) is 0 Å². The van der Waals surface area contributed by atoms with E-state index in [1.165, 1.54) is 12.8 Å². The number of rotatable bonds is 3. The number of likely N-dealkylation sites (tertiary alicyclic amines) is 1. The third-order valence-corrected chi connectivity index (χ3v) is 5.10. The molecule has 2 unspecified atom stereocenters. The molecule has 0 aromatic heterocycles. The van der Waals surface area contributed by atoms with Gasteiger partial charge in [0.25, 0.3) is 0 Å². The van der Waals surface area contributed by atoms with Crippen LogP contribution in [0, 0.1) is 17.3 Å². The van der Waals surface area contributed by atoms with Crippen LogP contribution in [0.5, 0.6) is 0 Å². The van der Waals surface area contributed by atoms with Crippen molar-refractivity contribution in [2.45, 2.75) is 52.4 Å². The zero-order chi connectivity index (χ0) is 13.2. The van der Waals surface area contributed by atoms with Crippen LogP contribution in [0.2, 0.25) is 0 Å². The highest BCUT2D eigenvalue weighted by Crippen LogP contribution is 2.37. The van der Waals surface area contributed by atoms with Crippen LogP contribution in [0.1, 0.15) is 52.4 Å². The maximum Gasteiger partial charge on any atom is 0.310 e. The summed E-state index contributed by atoms with van der Waals surface area (Å²) in [6.07, 6.45) is 6.35. The lowest BCUT2D eigenvalue weighted by Crippen LogP contribution is -2.42. The Morgan fingerprint density at radius 2 is 1.61 bits per heavy atom. The van der Waals surface area contributed by atoms with Gasteiger partial charge in [-0.05, 0) is 24.7 Å². The summed E-state index contributed by atoms with van der Waals surface area (Å²) >= 11 is 0. The zero-order valence-electron chi connectivity index (χ0n) is 11.8. The molecule has 0 aromatic carbocycles. The highest BCUT2D eigenvalue weighted by molar-refractivity contribution is 5.75. The molecule has 18 heavy (non-hydrogen) atoms. The summed E-state index contributed by atoms with van der Waals surface area (Å²) < 4.78 is 0. The molecule has 3 nitrogen and oxygen atoms in total. The van der Waals surface area contributed by atoms with Gasteiger partial charge in [-0.1, -0.05) is 39.5 Å². The lowest BCUT2D eigenvalue weighted by atomic mass is 9.80. The number of carboxylic acid groups (broad SMARTS) is 1. The maximum absolute atomic E-state index is 11.8. The molecule has 1 saturated carbocycles. The molecule has 1 saturated heterocycles. The van der Waals surface area contributed by atoms with Gasteiger partial charge >= 0.3 is 5.97 Å². The number of carboxylic acids is 1. The Hall–Kier alpha value is -0.570. The van der Waals surface area contributed by atoms with Gasteiger partial charge in [-0.15, -0.1) is 0 Å². The minimum Gasteiger partial charge on any atom is -0.481 e. The quantitative estimate of drug-likeness (QED) is 0.786. The van der Waals surface area contributed by atoms with Crippen LogP contribution in [0.25, 0.3) is 0 Å². The first kappa shape index (κ1) is 13.9. The first-order chi connectivity index (χ1) is 8.53. The van der Waals surface area contributed by atoms with E-state index in [0.29, 0.717) is 11.8 Å². The second kappa shape index (κ2) is 5.60. The van der Waals surface area contributed by atoms with Gasteiger partial charge in [0.1, 0.15) is 0 Å². The summed E-state index contributed by atoms with van der Waals surface area (Å²) in [6, 6.07) is 0. The van der Waals surface area contributed by atoms with Crippen LogP contribution in [0.4, 0.5) is 0 Å². The molecule has 1 N–H and O–H groups in total. The number of aliphatic carboxylic acids is 1. The second-order valence-corrected chi connectivity index (χ2v) is 6.65. The fraction of sp³-hybridized carbons (Fsp3) is 0.933. The number of carbonyl (C=O) groups is 1. The SMILES string of the molecule is CC1CN(CC2(C(=O)O)CCCCCC2)CC1C. The van der Waals surface area contributed by atoms with Gasteiger partial charge in [-0.2, -0.15) is 0 Å². The van der Waals surface area contributed by atoms with Crippen molar-refractivity contribution in [3.63, 3.8) is 0 Å². The van der Waals surface area contributed by atoms with Crippen LogP contribution in [0.15, 0.2) is 0 Å². The Morgan fingerprint density at radius 3 is 2.06 bits per heavy atom. The summed E-state index contributed by atoms with van der Waals surface area (Å²) in [7, 11) is 0. The third kappa shape index (κ3) is 2.87. The van der Waals surface area contributed by atoms with Gasteiger partial charge in [0.2, 0.25) is 0 Å². The molecule has 3 heteroatoms. The molecule has 0 bridgehead atoms. The van der Waals surface area contributed by atoms with Crippen molar-refractivity contribution in [2.75, 3.05) is 19.6 Å². The van der Waals surface area contributed by atoms with E-state index in [-0.39, 0.29) is 0 Å². The fourth-order valence-corrected chi connectivity index (χ4v) is 3.65. The first-order valence-electron chi connectivity index (χ1n) is 7.49. The van der Waals surface area contributed by atoms with Crippen LogP contribution < -0.4 is 0 Å². The predicted octanol–water partition coefficient (Wildman–Crippen LogP) is 3.00. The molecule has 2 aliphatic rings. The maximum atomic E-state index is 11.8. The Labute approximate surface area is 111 Å². The summed E-state index contributed by atoms with van der Waals surface area (Å²) in [5.74, 6) is 0.861. The second-order valence-electron chi connectivity index (χ2n) is 6.65. The standard InChI is InChI=1S/C15H27NO2/c1-12-9-16(10-13(12)2)11-15(14(17)18)7-5-3-4-6-8-15/h12-13H,3-11H2,1-2H3,(H,17,18). The molecule has 0 radical (unpaired) electrons. The van der Waals surface area contributed by atoms with E-state index in [1.807, 2.05) is 0 Å². The fourth-order valence-electron chi connectivity index (χ4n) is 3.65. The van der Waals surface area contributed by atoms with Gasteiger partial charge in [0.15, 0.2) is 0 Å². The average Bonchev–Trinajstić information content (AvgIpc) is 2.54. The normalized spacial score (nSPS) is 33.2. The molecule has 2 rings (SSSR count). The molecule has 104 valence electrons. The van der Waals surface area contributed by atoms with Crippen molar-refractivity contribution >= 4 is 5.97 Å². The molecule has 2 fully saturated rings. The molecular formula is C15H27NO2. The van der Waals surface area contributed by atoms with Crippen molar-refractivity contribution in [1.82, 2.24) is 4.90 Å². The minimum atomic E-state index is -0.559.